The number of carbonyl (C=O) groups excluding carboxylic acids is 1. The van der Waals surface area contributed by atoms with E-state index in [1.54, 1.807) is 0 Å². The first-order valence-electron chi connectivity index (χ1n) is 7.13. The molecule has 0 aliphatic carbocycles. The fourth-order valence-electron chi connectivity index (χ4n) is 2.63. The molecule has 1 atom stereocenters. The monoisotopic (exact) mass is 275 g/mol. The van der Waals surface area contributed by atoms with Gasteiger partial charge in [-0.25, -0.2) is 0 Å². The van der Waals surface area contributed by atoms with Crippen LogP contribution in [0.4, 0.5) is 0 Å². The third-order valence-corrected chi connectivity index (χ3v) is 4.14. The van der Waals surface area contributed by atoms with E-state index in [-0.39, 0.29) is 5.91 Å². The summed E-state index contributed by atoms with van der Waals surface area (Å²) in [6, 6.07) is 2.14. The van der Waals surface area contributed by atoms with Gasteiger partial charge in [-0.05, 0) is 32.6 Å². The largest absolute Gasteiger partial charge is 0.361 e. The average Bonchev–Trinajstić information content (AvgIpc) is 2.76. The Hall–Kier alpha value is -1.83. The van der Waals surface area contributed by atoms with Crippen molar-refractivity contribution in [1.29, 1.82) is 5.26 Å². The molecule has 0 aromatic carbocycles. The molecule has 0 N–H and O–H groups in total. The quantitative estimate of drug-likeness (QED) is 0.848. The third kappa shape index (κ3) is 3.01. The lowest BCUT2D eigenvalue weighted by Gasteiger charge is -2.31. The van der Waals surface area contributed by atoms with Gasteiger partial charge in [-0.15, -0.1) is 0 Å². The molecule has 0 spiro atoms. The van der Waals surface area contributed by atoms with E-state index in [0.29, 0.717) is 18.1 Å². The highest BCUT2D eigenvalue weighted by Gasteiger charge is 2.28. The third-order valence-electron chi connectivity index (χ3n) is 4.14. The fourth-order valence-corrected chi connectivity index (χ4v) is 2.63. The van der Waals surface area contributed by atoms with E-state index >= 15 is 0 Å². The number of aryl methyl sites for hydroxylation is 2. The summed E-state index contributed by atoms with van der Waals surface area (Å²) >= 11 is 0. The second-order valence-corrected chi connectivity index (χ2v) is 5.70. The second kappa shape index (κ2) is 6.08. The molecule has 0 bridgehead atoms. The second-order valence-electron chi connectivity index (χ2n) is 5.70. The van der Waals surface area contributed by atoms with Gasteiger partial charge in [0.05, 0.1) is 11.8 Å². The van der Waals surface area contributed by atoms with Crippen LogP contribution in [0.15, 0.2) is 4.52 Å². The fraction of sp³-hybridized carbons (Fsp3) is 0.667. The number of nitrogens with zero attached hydrogens (tertiary/aromatic N) is 3. The highest BCUT2D eigenvalue weighted by Crippen LogP contribution is 2.21. The van der Waals surface area contributed by atoms with Crippen molar-refractivity contribution in [2.75, 3.05) is 13.1 Å². The first-order valence-corrected chi connectivity index (χ1v) is 7.13. The summed E-state index contributed by atoms with van der Waals surface area (Å²) in [5.74, 6) is 0.671. The Bertz CT molecular complexity index is 502. The zero-order chi connectivity index (χ0) is 14.7. The standard InChI is InChI=1S/C15H21N3O2/c1-10-4-6-18(7-5-10)15(19)13(9-16)8-14-11(2)17-20-12(14)3/h10,13H,4-8H2,1-3H3. The predicted molar refractivity (Wildman–Crippen MR) is 73.8 cm³/mol. The van der Waals surface area contributed by atoms with Crippen molar-refractivity contribution in [2.24, 2.45) is 11.8 Å². The summed E-state index contributed by atoms with van der Waals surface area (Å²) in [5, 5.41) is 13.2. The molecule has 1 aliphatic heterocycles. The number of likely N-dealkylation sites (tertiary alicyclic amines) is 1. The smallest absolute Gasteiger partial charge is 0.240 e. The lowest BCUT2D eigenvalue weighted by molar-refractivity contribution is -0.135. The highest BCUT2D eigenvalue weighted by atomic mass is 16.5. The van der Waals surface area contributed by atoms with Crippen LogP contribution in [-0.2, 0) is 11.2 Å². The van der Waals surface area contributed by atoms with Gasteiger partial charge in [-0.3, -0.25) is 4.79 Å². The van der Waals surface area contributed by atoms with Crippen LogP contribution in [-0.4, -0.2) is 29.1 Å². The minimum absolute atomic E-state index is 0.0561. The van der Waals surface area contributed by atoms with Gasteiger partial charge in [0.1, 0.15) is 11.7 Å². The van der Waals surface area contributed by atoms with E-state index < -0.39 is 5.92 Å². The number of amides is 1. The van der Waals surface area contributed by atoms with E-state index in [2.05, 4.69) is 18.1 Å². The van der Waals surface area contributed by atoms with Gasteiger partial charge in [0.25, 0.3) is 0 Å². The maximum Gasteiger partial charge on any atom is 0.240 e. The molecule has 1 aromatic rings. The predicted octanol–water partition coefficient (Wildman–Crippen LogP) is 2.23. The van der Waals surface area contributed by atoms with Crippen molar-refractivity contribution in [3.63, 3.8) is 0 Å². The van der Waals surface area contributed by atoms with Crippen molar-refractivity contribution in [2.45, 2.75) is 40.0 Å². The highest BCUT2D eigenvalue weighted by molar-refractivity contribution is 5.81. The summed E-state index contributed by atoms with van der Waals surface area (Å²) in [6.07, 6.45) is 2.44. The molecular formula is C15H21N3O2. The van der Waals surface area contributed by atoms with E-state index in [9.17, 15) is 10.1 Å². The summed E-state index contributed by atoms with van der Waals surface area (Å²) < 4.78 is 5.10. The molecule has 5 heteroatoms. The first-order chi connectivity index (χ1) is 9.52. The number of piperidine rings is 1. The molecule has 2 rings (SSSR count). The van der Waals surface area contributed by atoms with Gasteiger partial charge in [0.2, 0.25) is 5.91 Å². The molecular weight excluding hydrogens is 254 g/mol. The molecule has 1 saturated heterocycles. The van der Waals surface area contributed by atoms with Crippen molar-refractivity contribution in [1.82, 2.24) is 10.1 Å². The molecule has 5 nitrogen and oxygen atoms in total. The van der Waals surface area contributed by atoms with Crippen LogP contribution < -0.4 is 0 Å². The minimum atomic E-state index is -0.639. The SMILES string of the molecule is Cc1noc(C)c1CC(C#N)C(=O)N1CCC(C)CC1. The topological polar surface area (TPSA) is 70.1 Å². The van der Waals surface area contributed by atoms with Gasteiger partial charge >= 0.3 is 0 Å². The van der Waals surface area contributed by atoms with Gasteiger partial charge in [0.15, 0.2) is 0 Å². The van der Waals surface area contributed by atoms with Crippen LogP contribution >= 0.6 is 0 Å². The van der Waals surface area contributed by atoms with Gasteiger partial charge in [-0.2, -0.15) is 5.26 Å². The number of rotatable bonds is 3. The van der Waals surface area contributed by atoms with Crippen molar-refractivity contribution in [3.05, 3.63) is 17.0 Å². The van der Waals surface area contributed by atoms with Crippen molar-refractivity contribution in [3.8, 4) is 6.07 Å². The van der Waals surface area contributed by atoms with Gasteiger partial charge < -0.3 is 9.42 Å². The maximum atomic E-state index is 12.4. The Morgan fingerprint density at radius 1 is 1.50 bits per heavy atom. The Labute approximate surface area is 119 Å². The number of hydrogen-bond acceptors (Lipinski definition) is 4. The molecule has 0 radical (unpaired) electrons. The summed E-state index contributed by atoms with van der Waals surface area (Å²) in [6.45, 7) is 7.39. The van der Waals surface area contributed by atoms with Gasteiger partial charge in [-0.1, -0.05) is 12.1 Å². The van der Waals surface area contributed by atoms with E-state index in [0.717, 1.165) is 37.2 Å². The lowest BCUT2D eigenvalue weighted by atomic mass is 9.95. The molecule has 1 aliphatic rings. The molecule has 108 valence electrons. The molecule has 1 fully saturated rings. The normalized spacial score (nSPS) is 17.8. The summed E-state index contributed by atoms with van der Waals surface area (Å²) in [4.78, 5) is 14.3. The van der Waals surface area contributed by atoms with E-state index in [4.69, 9.17) is 4.52 Å². The molecule has 2 heterocycles. The molecule has 20 heavy (non-hydrogen) atoms. The van der Waals surface area contributed by atoms with Crippen LogP contribution in [0.25, 0.3) is 0 Å². The van der Waals surface area contributed by atoms with Crippen LogP contribution in [0.5, 0.6) is 0 Å². The van der Waals surface area contributed by atoms with E-state index in [1.807, 2.05) is 18.7 Å². The molecule has 0 saturated carbocycles. The summed E-state index contributed by atoms with van der Waals surface area (Å²) in [7, 11) is 0. The Balaban J connectivity index is 2.05. The van der Waals surface area contributed by atoms with Crippen LogP contribution in [0.1, 0.15) is 36.8 Å². The first kappa shape index (κ1) is 14.6. The van der Waals surface area contributed by atoms with E-state index in [1.165, 1.54) is 0 Å². The Morgan fingerprint density at radius 3 is 2.65 bits per heavy atom. The number of aromatic nitrogens is 1. The lowest BCUT2D eigenvalue weighted by Crippen LogP contribution is -2.41. The van der Waals surface area contributed by atoms with Crippen molar-refractivity contribution >= 4 is 5.91 Å². The number of carbonyl (C=O) groups is 1. The Morgan fingerprint density at radius 2 is 2.15 bits per heavy atom. The zero-order valence-electron chi connectivity index (χ0n) is 12.3. The van der Waals surface area contributed by atoms with Crippen molar-refractivity contribution < 1.29 is 9.32 Å². The minimum Gasteiger partial charge on any atom is -0.361 e. The molecule has 1 aromatic heterocycles. The van der Waals surface area contributed by atoms with Crippen LogP contribution in [0, 0.1) is 37.0 Å². The molecule has 1 unspecified atom stereocenters. The van der Waals surface area contributed by atoms with Crippen LogP contribution in [0.2, 0.25) is 0 Å². The summed E-state index contributed by atoms with van der Waals surface area (Å²) in [5.41, 5.74) is 1.65. The average molecular weight is 275 g/mol. The number of nitriles is 1. The maximum absolute atomic E-state index is 12.4. The Kier molecular flexibility index (Phi) is 4.43. The van der Waals surface area contributed by atoms with Gasteiger partial charge in [0, 0.05) is 25.1 Å². The molecule has 1 amide bonds. The zero-order valence-corrected chi connectivity index (χ0v) is 12.3. The number of hydrogen-bond donors (Lipinski definition) is 0. The van der Waals surface area contributed by atoms with Crippen LogP contribution in [0.3, 0.4) is 0 Å².